The third-order valence-corrected chi connectivity index (χ3v) is 3.82. The molecule has 0 fully saturated rings. The number of nitrogens with zero attached hydrogens (tertiary/aromatic N) is 4. The summed E-state index contributed by atoms with van der Waals surface area (Å²) in [5.41, 5.74) is 3.66. The lowest BCUT2D eigenvalue weighted by molar-refractivity contribution is -0.121. The van der Waals surface area contributed by atoms with E-state index >= 15 is 0 Å². The number of nitriles is 1. The monoisotopic (exact) mass is 315 g/mol. The van der Waals surface area contributed by atoms with Crippen molar-refractivity contribution in [2.75, 3.05) is 6.54 Å². The summed E-state index contributed by atoms with van der Waals surface area (Å²) < 4.78 is 1.65. The number of hydrogen-bond acceptors (Lipinski definition) is 5. The summed E-state index contributed by atoms with van der Waals surface area (Å²) in [6, 6.07) is 2.08. The Bertz CT molecular complexity index is 758. The quantitative estimate of drug-likeness (QED) is 0.829. The molecule has 1 atom stereocenters. The maximum atomic E-state index is 11.9. The fourth-order valence-corrected chi connectivity index (χ4v) is 2.50. The average Bonchev–Trinajstić information content (AvgIpc) is 2.89. The summed E-state index contributed by atoms with van der Waals surface area (Å²) in [5.74, 6) is -0.0530. The van der Waals surface area contributed by atoms with E-state index in [1.54, 1.807) is 11.4 Å². The second-order valence-corrected chi connectivity index (χ2v) is 5.65. The van der Waals surface area contributed by atoms with Crippen LogP contribution in [0.2, 0.25) is 0 Å². The zero-order chi connectivity index (χ0) is 17.0. The van der Waals surface area contributed by atoms with Crippen LogP contribution < -0.4 is 5.32 Å². The lowest BCUT2D eigenvalue weighted by atomic mass is 10.1. The molecule has 2 aromatic rings. The molecule has 0 aliphatic heterocycles. The molecule has 2 rings (SSSR count). The van der Waals surface area contributed by atoms with Crippen LogP contribution in [0, 0.1) is 25.2 Å². The van der Waals surface area contributed by atoms with Gasteiger partial charge in [0.25, 0.3) is 0 Å². The Kier molecular flexibility index (Phi) is 5.29. The van der Waals surface area contributed by atoms with E-state index in [1.165, 1.54) is 6.20 Å². The van der Waals surface area contributed by atoms with E-state index in [0.717, 1.165) is 17.0 Å². The fourth-order valence-electron chi connectivity index (χ4n) is 2.50. The van der Waals surface area contributed by atoms with E-state index in [0.29, 0.717) is 37.0 Å². The Balaban J connectivity index is 2.09. The summed E-state index contributed by atoms with van der Waals surface area (Å²) in [5, 5.41) is 25.2. The highest BCUT2D eigenvalue weighted by Crippen LogP contribution is 2.18. The summed E-state index contributed by atoms with van der Waals surface area (Å²) >= 11 is 0. The minimum atomic E-state index is -0.416. The zero-order valence-corrected chi connectivity index (χ0v) is 13.6. The molecule has 0 saturated heterocycles. The van der Waals surface area contributed by atoms with E-state index in [4.69, 9.17) is 5.26 Å². The molecule has 2 aromatic heterocycles. The van der Waals surface area contributed by atoms with Crippen molar-refractivity contribution in [2.24, 2.45) is 0 Å². The fraction of sp³-hybridized carbons (Fsp3) is 0.500. The SMILES string of the molecule is Cc1nc2c(C#N)cnn2c(C)c1CCC(=O)NCCC(C)O. The van der Waals surface area contributed by atoms with Gasteiger partial charge in [0, 0.05) is 24.4 Å². The van der Waals surface area contributed by atoms with E-state index in [-0.39, 0.29) is 5.91 Å². The first-order chi connectivity index (χ1) is 10.9. The topological polar surface area (TPSA) is 103 Å². The number of rotatable bonds is 6. The molecular weight excluding hydrogens is 294 g/mol. The maximum Gasteiger partial charge on any atom is 0.220 e. The van der Waals surface area contributed by atoms with E-state index in [1.807, 2.05) is 13.8 Å². The van der Waals surface area contributed by atoms with Gasteiger partial charge in [0.15, 0.2) is 5.65 Å². The lowest BCUT2D eigenvalue weighted by Gasteiger charge is -2.11. The molecule has 0 spiro atoms. The predicted molar refractivity (Wildman–Crippen MR) is 84.8 cm³/mol. The van der Waals surface area contributed by atoms with Gasteiger partial charge >= 0.3 is 0 Å². The van der Waals surface area contributed by atoms with Gasteiger partial charge in [-0.1, -0.05) is 0 Å². The molecule has 0 aromatic carbocycles. The molecular formula is C16H21N5O2. The van der Waals surface area contributed by atoms with Crippen molar-refractivity contribution < 1.29 is 9.90 Å². The van der Waals surface area contributed by atoms with Crippen LogP contribution >= 0.6 is 0 Å². The van der Waals surface area contributed by atoms with Crippen LogP contribution in [0.15, 0.2) is 6.20 Å². The first-order valence-corrected chi connectivity index (χ1v) is 7.62. The summed E-state index contributed by atoms with van der Waals surface area (Å²) in [6.45, 7) is 5.95. The van der Waals surface area contributed by atoms with Crippen LogP contribution in [0.4, 0.5) is 0 Å². The third kappa shape index (κ3) is 3.85. The van der Waals surface area contributed by atoms with E-state index in [9.17, 15) is 9.90 Å². The molecule has 0 bridgehead atoms. The molecule has 0 aliphatic carbocycles. The summed E-state index contributed by atoms with van der Waals surface area (Å²) in [7, 11) is 0. The third-order valence-electron chi connectivity index (χ3n) is 3.82. The number of aromatic nitrogens is 3. The van der Waals surface area contributed by atoms with Crippen molar-refractivity contribution in [1.82, 2.24) is 19.9 Å². The molecule has 122 valence electrons. The van der Waals surface area contributed by atoms with Crippen molar-refractivity contribution in [1.29, 1.82) is 5.26 Å². The number of aliphatic hydroxyl groups excluding tert-OH is 1. The molecule has 0 saturated carbocycles. The molecule has 0 radical (unpaired) electrons. The standard InChI is InChI=1S/C16H21N5O2/c1-10(22)6-7-18-15(23)5-4-14-11(2)20-16-13(8-17)9-19-21(16)12(14)3/h9-10,22H,4-7H2,1-3H3,(H,18,23). The van der Waals surface area contributed by atoms with Crippen molar-refractivity contribution in [3.05, 3.63) is 28.7 Å². The Hall–Kier alpha value is -2.46. The number of amides is 1. The lowest BCUT2D eigenvalue weighted by Crippen LogP contribution is -2.26. The second-order valence-electron chi connectivity index (χ2n) is 5.65. The number of carbonyl (C=O) groups excluding carboxylic acids is 1. The van der Waals surface area contributed by atoms with Crippen LogP contribution in [0.25, 0.3) is 5.65 Å². The van der Waals surface area contributed by atoms with E-state index in [2.05, 4.69) is 21.5 Å². The molecule has 1 amide bonds. The molecule has 23 heavy (non-hydrogen) atoms. The van der Waals surface area contributed by atoms with Crippen LogP contribution in [0.5, 0.6) is 0 Å². The smallest absolute Gasteiger partial charge is 0.220 e. The average molecular weight is 315 g/mol. The molecule has 7 heteroatoms. The van der Waals surface area contributed by atoms with Crippen molar-refractivity contribution in [2.45, 2.75) is 46.1 Å². The number of carbonyl (C=O) groups is 1. The zero-order valence-electron chi connectivity index (χ0n) is 13.6. The number of aliphatic hydroxyl groups is 1. The van der Waals surface area contributed by atoms with Gasteiger partial charge in [-0.15, -0.1) is 0 Å². The molecule has 7 nitrogen and oxygen atoms in total. The van der Waals surface area contributed by atoms with Gasteiger partial charge < -0.3 is 10.4 Å². The van der Waals surface area contributed by atoms with Crippen LogP contribution in [0.1, 0.15) is 42.3 Å². The molecule has 2 heterocycles. The van der Waals surface area contributed by atoms with Gasteiger partial charge in [-0.25, -0.2) is 9.50 Å². The van der Waals surface area contributed by atoms with Gasteiger partial charge in [0.2, 0.25) is 5.91 Å². The minimum Gasteiger partial charge on any atom is -0.393 e. The number of hydrogen-bond donors (Lipinski definition) is 2. The largest absolute Gasteiger partial charge is 0.393 e. The van der Waals surface area contributed by atoms with Crippen LogP contribution in [-0.2, 0) is 11.2 Å². The number of nitrogens with one attached hydrogen (secondary N) is 1. The molecule has 0 aliphatic rings. The van der Waals surface area contributed by atoms with Gasteiger partial charge in [0.1, 0.15) is 11.6 Å². The van der Waals surface area contributed by atoms with Crippen molar-refractivity contribution >= 4 is 11.6 Å². The molecule has 2 N–H and O–H groups in total. The first-order valence-electron chi connectivity index (χ1n) is 7.62. The second kappa shape index (κ2) is 7.20. The Morgan fingerprint density at radius 1 is 1.52 bits per heavy atom. The predicted octanol–water partition coefficient (Wildman–Crippen LogP) is 1.04. The highest BCUT2D eigenvalue weighted by atomic mass is 16.3. The molecule has 1 unspecified atom stereocenters. The highest BCUT2D eigenvalue weighted by molar-refractivity contribution is 5.76. The van der Waals surface area contributed by atoms with Gasteiger partial charge in [-0.05, 0) is 39.2 Å². The van der Waals surface area contributed by atoms with Gasteiger partial charge in [-0.2, -0.15) is 10.4 Å². The van der Waals surface area contributed by atoms with E-state index < -0.39 is 6.10 Å². The van der Waals surface area contributed by atoms with Crippen molar-refractivity contribution in [3.8, 4) is 6.07 Å². The summed E-state index contributed by atoms with van der Waals surface area (Å²) in [6.07, 6.45) is 2.53. The first kappa shape index (κ1) is 16.9. The Morgan fingerprint density at radius 3 is 2.91 bits per heavy atom. The number of fused-ring (bicyclic) bond motifs is 1. The van der Waals surface area contributed by atoms with Crippen LogP contribution in [-0.4, -0.2) is 38.3 Å². The highest BCUT2D eigenvalue weighted by Gasteiger charge is 2.14. The Labute approximate surface area is 135 Å². The van der Waals surface area contributed by atoms with Crippen LogP contribution in [0.3, 0.4) is 0 Å². The number of aryl methyl sites for hydroxylation is 2. The van der Waals surface area contributed by atoms with Gasteiger partial charge in [0.05, 0.1) is 12.3 Å². The summed E-state index contributed by atoms with van der Waals surface area (Å²) in [4.78, 5) is 16.3. The maximum absolute atomic E-state index is 11.9. The minimum absolute atomic E-state index is 0.0530. The Morgan fingerprint density at radius 2 is 2.26 bits per heavy atom. The van der Waals surface area contributed by atoms with Gasteiger partial charge in [-0.3, -0.25) is 4.79 Å². The normalized spacial score (nSPS) is 12.1. The van der Waals surface area contributed by atoms with Crippen molar-refractivity contribution in [3.63, 3.8) is 0 Å².